The summed E-state index contributed by atoms with van der Waals surface area (Å²) in [5.41, 5.74) is -0.652. The Morgan fingerprint density at radius 2 is 1.31 bits per heavy atom. The molecule has 3 saturated heterocycles. The number of morpholine rings is 1. The second-order valence-corrected chi connectivity index (χ2v) is 9.87. The summed E-state index contributed by atoms with van der Waals surface area (Å²) in [4.78, 5) is 13.8. The number of anilines is 4. The predicted molar refractivity (Wildman–Crippen MR) is 136 cm³/mol. The minimum atomic E-state index is -2.77. The number of alkyl halides is 2. The van der Waals surface area contributed by atoms with Gasteiger partial charge >= 0.3 is 0 Å². The van der Waals surface area contributed by atoms with E-state index in [2.05, 4.69) is 30.5 Å². The molecule has 0 radical (unpaired) electrons. The van der Waals surface area contributed by atoms with Crippen LogP contribution >= 0.6 is 0 Å². The fraction of sp³-hybridized carbons (Fsp3) is 0.600. The van der Waals surface area contributed by atoms with Crippen molar-refractivity contribution in [2.75, 3.05) is 86.0 Å². The molecule has 2 aromatic rings. The quantitative estimate of drug-likeness (QED) is 0.645. The molecule has 1 aromatic carbocycles. The van der Waals surface area contributed by atoms with Crippen molar-refractivity contribution in [2.24, 2.45) is 0 Å². The molecule has 1 aromatic heterocycles. The lowest BCUT2D eigenvalue weighted by atomic mass is 10.1. The molecule has 36 heavy (non-hydrogen) atoms. The summed E-state index contributed by atoms with van der Waals surface area (Å²) in [6, 6.07) is 9.19. The van der Waals surface area contributed by atoms with Gasteiger partial charge in [0.1, 0.15) is 11.6 Å². The summed E-state index contributed by atoms with van der Waals surface area (Å²) in [5.74, 6) is 1.42. The number of piperazine rings is 1. The number of hydrazine groups is 1. The zero-order chi connectivity index (χ0) is 24.5. The van der Waals surface area contributed by atoms with Gasteiger partial charge in [-0.3, -0.25) is 0 Å². The van der Waals surface area contributed by atoms with Crippen molar-refractivity contribution >= 4 is 23.0 Å². The van der Waals surface area contributed by atoms with Crippen LogP contribution in [-0.2, 0) is 10.4 Å². The van der Waals surface area contributed by atoms with Crippen molar-refractivity contribution in [2.45, 2.75) is 31.4 Å². The monoisotopic (exact) mass is 500 g/mol. The van der Waals surface area contributed by atoms with E-state index in [1.54, 1.807) is 12.1 Å². The van der Waals surface area contributed by atoms with Crippen LogP contribution in [-0.4, -0.2) is 92.0 Å². The number of benzene rings is 1. The maximum Gasteiger partial charge on any atom is 0.286 e. The first-order valence-electron chi connectivity index (χ1n) is 13.0. The Kier molecular flexibility index (Phi) is 6.53. The lowest BCUT2D eigenvalue weighted by molar-refractivity contribution is -0.0428. The molecule has 0 aliphatic carbocycles. The normalized spacial score (nSPS) is 22.9. The van der Waals surface area contributed by atoms with E-state index in [0.717, 1.165) is 39.3 Å². The van der Waals surface area contributed by atoms with E-state index in [1.807, 2.05) is 18.2 Å². The molecular formula is C25H34F2N8O. The Labute approximate surface area is 210 Å². The number of nitrogens with zero attached hydrogens (tertiary/aromatic N) is 6. The van der Waals surface area contributed by atoms with Crippen molar-refractivity contribution in [3.63, 3.8) is 0 Å². The highest BCUT2D eigenvalue weighted by Gasteiger charge is 2.50. The molecule has 0 amide bonds. The van der Waals surface area contributed by atoms with E-state index in [4.69, 9.17) is 14.7 Å². The van der Waals surface area contributed by atoms with Crippen LogP contribution in [0.4, 0.5) is 31.8 Å². The molecule has 5 heterocycles. The molecule has 4 aliphatic heterocycles. The second kappa shape index (κ2) is 9.95. The number of rotatable bonds is 5. The molecule has 2 N–H and O–H groups in total. The maximum atomic E-state index is 14.8. The number of ether oxygens (including phenoxy) is 1. The summed E-state index contributed by atoms with van der Waals surface area (Å²) in [6.45, 7) is 8.12. The third-order valence-corrected chi connectivity index (χ3v) is 7.62. The third-order valence-electron chi connectivity index (χ3n) is 7.62. The highest BCUT2D eigenvalue weighted by molar-refractivity contribution is 5.77. The minimum absolute atomic E-state index is 0.0613. The van der Waals surface area contributed by atoms with Gasteiger partial charge in [-0.25, -0.2) is 28.8 Å². The number of halogens is 2. The van der Waals surface area contributed by atoms with Crippen LogP contribution in [0.25, 0.3) is 0 Å². The van der Waals surface area contributed by atoms with Crippen molar-refractivity contribution in [1.29, 1.82) is 0 Å². The molecule has 0 saturated carbocycles. The lowest BCUT2D eigenvalue weighted by Crippen LogP contribution is -2.55. The van der Waals surface area contributed by atoms with E-state index in [9.17, 15) is 8.78 Å². The zero-order valence-electron chi connectivity index (χ0n) is 20.5. The summed E-state index contributed by atoms with van der Waals surface area (Å²) in [5, 5.41) is 10.9. The molecule has 0 bridgehead atoms. The molecule has 4 aliphatic rings. The fourth-order valence-electron chi connectivity index (χ4n) is 5.56. The number of fused-ring (bicyclic) bond motifs is 1. The van der Waals surface area contributed by atoms with E-state index in [-0.39, 0.29) is 5.82 Å². The van der Waals surface area contributed by atoms with Gasteiger partial charge in [0.2, 0.25) is 5.66 Å². The SMILES string of the molecule is FC(F)C1(c2nc(N3CCOCC3)cc(N3CCN(N4CCCCC4)CC3)n2)Nc2ccccc2N1. The first kappa shape index (κ1) is 23.6. The molecule has 0 unspecified atom stereocenters. The molecule has 3 fully saturated rings. The Hall–Kier alpha value is -2.76. The van der Waals surface area contributed by atoms with Gasteiger partial charge in [0.25, 0.3) is 6.43 Å². The number of para-hydroxylation sites is 2. The van der Waals surface area contributed by atoms with Gasteiger partial charge in [0.15, 0.2) is 5.82 Å². The second-order valence-electron chi connectivity index (χ2n) is 9.87. The summed E-state index contributed by atoms with van der Waals surface area (Å²) in [7, 11) is 0. The summed E-state index contributed by atoms with van der Waals surface area (Å²) in [6.07, 6.45) is 1.03. The van der Waals surface area contributed by atoms with Crippen LogP contribution in [0.1, 0.15) is 25.1 Å². The van der Waals surface area contributed by atoms with Gasteiger partial charge in [0, 0.05) is 58.4 Å². The van der Waals surface area contributed by atoms with E-state index >= 15 is 0 Å². The van der Waals surface area contributed by atoms with Gasteiger partial charge < -0.3 is 25.2 Å². The van der Waals surface area contributed by atoms with Crippen LogP contribution in [0.15, 0.2) is 30.3 Å². The van der Waals surface area contributed by atoms with Crippen molar-refractivity contribution in [3.8, 4) is 0 Å². The standard InChI is InChI=1S/C25H34F2N8O/c26-23(27)25(30-19-6-2-3-7-20(19)31-25)24-28-21(18-22(29-24)33-14-16-36-17-15-33)32-10-12-35(13-11-32)34-8-4-1-5-9-34/h2-3,6-7,18,23,30-31H,1,4-5,8-17H2. The van der Waals surface area contributed by atoms with Crippen LogP contribution in [0.3, 0.4) is 0 Å². The van der Waals surface area contributed by atoms with E-state index < -0.39 is 12.1 Å². The Balaban J connectivity index is 1.31. The molecule has 0 atom stereocenters. The van der Waals surface area contributed by atoms with Crippen LogP contribution in [0, 0.1) is 0 Å². The van der Waals surface area contributed by atoms with Crippen LogP contribution in [0.2, 0.25) is 0 Å². The fourth-order valence-corrected chi connectivity index (χ4v) is 5.56. The third kappa shape index (κ3) is 4.44. The van der Waals surface area contributed by atoms with E-state index in [1.165, 1.54) is 19.3 Å². The highest BCUT2D eigenvalue weighted by Crippen LogP contribution is 2.42. The minimum Gasteiger partial charge on any atom is -0.378 e. The van der Waals surface area contributed by atoms with Crippen LogP contribution < -0.4 is 20.4 Å². The van der Waals surface area contributed by atoms with Crippen molar-refractivity contribution in [1.82, 2.24) is 20.0 Å². The van der Waals surface area contributed by atoms with Gasteiger partial charge in [0.05, 0.1) is 24.6 Å². The van der Waals surface area contributed by atoms with Gasteiger partial charge in [-0.2, -0.15) is 0 Å². The predicted octanol–water partition coefficient (Wildman–Crippen LogP) is 2.79. The first-order chi connectivity index (χ1) is 17.6. The average Bonchev–Trinajstić information content (AvgIpc) is 3.35. The first-order valence-corrected chi connectivity index (χ1v) is 13.0. The Bertz CT molecular complexity index is 1030. The smallest absolute Gasteiger partial charge is 0.286 e. The summed E-state index contributed by atoms with van der Waals surface area (Å²) < 4.78 is 35.1. The number of nitrogens with one attached hydrogen (secondary N) is 2. The molecule has 194 valence electrons. The van der Waals surface area contributed by atoms with Gasteiger partial charge in [-0.05, 0) is 25.0 Å². The van der Waals surface area contributed by atoms with Crippen LogP contribution in [0.5, 0.6) is 0 Å². The number of hydrogen-bond donors (Lipinski definition) is 2. The Morgan fingerprint density at radius 3 is 1.89 bits per heavy atom. The maximum absolute atomic E-state index is 14.8. The summed E-state index contributed by atoms with van der Waals surface area (Å²) >= 11 is 0. The zero-order valence-corrected chi connectivity index (χ0v) is 20.5. The topological polar surface area (TPSA) is 72.0 Å². The molecule has 11 heteroatoms. The largest absolute Gasteiger partial charge is 0.378 e. The van der Waals surface area contributed by atoms with Crippen molar-refractivity contribution in [3.05, 3.63) is 36.2 Å². The molecule has 9 nitrogen and oxygen atoms in total. The molecular weight excluding hydrogens is 466 g/mol. The number of hydrogen-bond acceptors (Lipinski definition) is 9. The molecule has 0 spiro atoms. The van der Waals surface area contributed by atoms with Crippen molar-refractivity contribution < 1.29 is 13.5 Å². The van der Waals surface area contributed by atoms with E-state index in [0.29, 0.717) is 49.3 Å². The van der Waals surface area contributed by atoms with Gasteiger partial charge in [-0.1, -0.05) is 18.6 Å². The number of aromatic nitrogens is 2. The number of piperidine rings is 1. The van der Waals surface area contributed by atoms with Gasteiger partial charge in [-0.15, -0.1) is 0 Å². The lowest BCUT2D eigenvalue weighted by Gasteiger charge is -2.43. The highest BCUT2D eigenvalue weighted by atomic mass is 19.3. The Morgan fingerprint density at radius 1 is 0.750 bits per heavy atom. The molecule has 6 rings (SSSR count). The average molecular weight is 501 g/mol.